The number of benzene rings is 3. The van der Waals surface area contributed by atoms with Crippen LogP contribution in [0.4, 0.5) is 11.4 Å². The van der Waals surface area contributed by atoms with E-state index in [4.69, 9.17) is 21.1 Å². The molecule has 0 saturated heterocycles. The van der Waals surface area contributed by atoms with Gasteiger partial charge in [0.05, 0.1) is 31.5 Å². The molecule has 1 amide bonds. The summed E-state index contributed by atoms with van der Waals surface area (Å²) in [6, 6.07) is 21.3. The maximum Gasteiger partial charge on any atom is 0.243 e. The lowest BCUT2D eigenvalue weighted by Crippen LogP contribution is -2.22. The Labute approximate surface area is 169 Å². The molecule has 3 aromatic carbocycles. The fourth-order valence-electron chi connectivity index (χ4n) is 2.75. The van der Waals surface area contributed by atoms with E-state index >= 15 is 0 Å². The van der Waals surface area contributed by atoms with Crippen LogP contribution in [0.15, 0.2) is 66.7 Å². The van der Waals surface area contributed by atoms with Gasteiger partial charge in [0.2, 0.25) is 5.91 Å². The smallest absolute Gasteiger partial charge is 0.243 e. The van der Waals surface area contributed by atoms with E-state index in [0.717, 1.165) is 16.8 Å². The highest BCUT2D eigenvalue weighted by atomic mass is 35.5. The SMILES string of the molecule is COc1cc(OC)c(NC(=O)CNc2ccc(-c3ccccc3)cc2)cc1Cl. The Balaban J connectivity index is 1.61. The van der Waals surface area contributed by atoms with Crippen molar-refractivity contribution < 1.29 is 14.3 Å². The van der Waals surface area contributed by atoms with E-state index in [-0.39, 0.29) is 12.5 Å². The number of rotatable bonds is 7. The minimum atomic E-state index is -0.216. The van der Waals surface area contributed by atoms with Gasteiger partial charge in [-0.15, -0.1) is 0 Å². The number of halogens is 1. The molecule has 0 atom stereocenters. The van der Waals surface area contributed by atoms with E-state index in [1.165, 1.54) is 14.2 Å². The van der Waals surface area contributed by atoms with E-state index < -0.39 is 0 Å². The van der Waals surface area contributed by atoms with Crippen LogP contribution in [0.25, 0.3) is 11.1 Å². The van der Waals surface area contributed by atoms with Crippen LogP contribution in [0.3, 0.4) is 0 Å². The second-order valence-corrected chi connectivity index (χ2v) is 6.44. The average Bonchev–Trinajstić information content (AvgIpc) is 2.73. The predicted molar refractivity (Wildman–Crippen MR) is 114 cm³/mol. The van der Waals surface area contributed by atoms with Gasteiger partial charge in [0.1, 0.15) is 11.5 Å². The quantitative estimate of drug-likeness (QED) is 0.585. The summed E-state index contributed by atoms with van der Waals surface area (Å²) in [5.74, 6) is 0.738. The number of carbonyl (C=O) groups excluding carboxylic acids is 1. The van der Waals surface area contributed by atoms with Crippen molar-refractivity contribution in [3.63, 3.8) is 0 Å². The van der Waals surface area contributed by atoms with Crippen molar-refractivity contribution in [2.45, 2.75) is 0 Å². The Kier molecular flexibility index (Phi) is 6.40. The molecule has 3 rings (SSSR count). The van der Waals surface area contributed by atoms with Gasteiger partial charge in [0.25, 0.3) is 0 Å². The van der Waals surface area contributed by atoms with Crippen LogP contribution in [0.5, 0.6) is 11.5 Å². The highest BCUT2D eigenvalue weighted by Crippen LogP contribution is 2.35. The largest absolute Gasteiger partial charge is 0.495 e. The molecule has 0 unspecified atom stereocenters. The molecule has 0 bridgehead atoms. The third-order valence-corrected chi connectivity index (χ3v) is 4.49. The molecule has 28 heavy (non-hydrogen) atoms. The number of hydrogen-bond donors (Lipinski definition) is 2. The average molecular weight is 397 g/mol. The fourth-order valence-corrected chi connectivity index (χ4v) is 2.99. The monoisotopic (exact) mass is 396 g/mol. The predicted octanol–water partition coefficient (Wildman–Crippen LogP) is 5.07. The van der Waals surface area contributed by atoms with Gasteiger partial charge in [-0.25, -0.2) is 0 Å². The van der Waals surface area contributed by atoms with Crippen molar-refractivity contribution in [2.24, 2.45) is 0 Å². The lowest BCUT2D eigenvalue weighted by atomic mass is 10.1. The Bertz CT molecular complexity index is 944. The first-order valence-electron chi connectivity index (χ1n) is 8.71. The molecule has 3 aromatic rings. The molecular formula is C22H21ClN2O3. The minimum absolute atomic E-state index is 0.109. The minimum Gasteiger partial charge on any atom is -0.495 e. The molecule has 5 nitrogen and oxygen atoms in total. The van der Waals surface area contributed by atoms with Crippen LogP contribution in [0.2, 0.25) is 5.02 Å². The Morgan fingerprint density at radius 3 is 2.18 bits per heavy atom. The lowest BCUT2D eigenvalue weighted by Gasteiger charge is -2.13. The lowest BCUT2D eigenvalue weighted by molar-refractivity contribution is -0.114. The van der Waals surface area contributed by atoms with Crippen molar-refractivity contribution in [2.75, 3.05) is 31.4 Å². The van der Waals surface area contributed by atoms with Gasteiger partial charge < -0.3 is 20.1 Å². The van der Waals surface area contributed by atoms with Gasteiger partial charge in [-0.3, -0.25) is 4.79 Å². The van der Waals surface area contributed by atoms with Crippen molar-refractivity contribution in [3.8, 4) is 22.6 Å². The zero-order valence-electron chi connectivity index (χ0n) is 15.7. The normalized spacial score (nSPS) is 10.2. The molecular weight excluding hydrogens is 376 g/mol. The number of anilines is 2. The number of ether oxygens (including phenoxy) is 2. The molecule has 0 aliphatic carbocycles. The maximum atomic E-state index is 12.3. The van der Waals surface area contributed by atoms with Crippen LogP contribution in [-0.2, 0) is 4.79 Å². The third-order valence-electron chi connectivity index (χ3n) is 4.19. The standard InChI is InChI=1S/C22H21ClN2O3/c1-27-20-13-21(28-2)19(12-18(20)23)25-22(26)14-24-17-10-8-16(9-11-17)15-6-4-3-5-7-15/h3-13,24H,14H2,1-2H3,(H,25,26). The summed E-state index contributed by atoms with van der Waals surface area (Å²) in [5, 5.41) is 6.29. The van der Waals surface area contributed by atoms with Crippen LogP contribution in [-0.4, -0.2) is 26.7 Å². The Morgan fingerprint density at radius 2 is 1.54 bits per heavy atom. The van der Waals surface area contributed by atoms with Gasteiger partial charge in [0.15, 0.2) is 0 Å². The van der Waals surface area contributed by atoms with Crippen molar-refractivity contribution in [1.29, 1.82) is 0 Å². The van der Waals surface area contributed by atoms with Crippen LogP contribution in [0, 0.1) is 0 Å². The van der Waals surface area contributed by atoms with E-state index in [2.05, 4.69) is 22.8 Å². The van der Waals surface area contributed by atoms with Gasteiger partial charge >= 0.3 is 0 Å². The second kappa shape index (κ2) is 9.15. The molecule has 0 aliphatic heterocycles. The molecule has 144 valence electrons. The summed E-state index contributed by atoms with van der Waals surface area (Å²) in [6.07, 6.45) is 0. The maximum absolute atomic E-state index is 12.3. The van der Waals surface area contributed by atoms with Crippen LogP contribution < -0.4 is 20.1 Å². The number of methoxy groups -OCH3 is 2. The first kappa shape index (κ1) is 19.6. The number of carbonyl (C=O) groups is 1. The first-order valence-corrected chi connectivity index (χ1v) is 9.09. The third kappa shape index (κ3) is 4.75. The summed E-state index contributed by atoms with van der Waals surface area (Å²) < 4.78 is 10.4. The van der Waals surface area contributed by atoms with Crippen LogP contribution in [0.1, 0.15) is 0 Å². The highest BCUT2D eigenvalue weighted by molar-refractivity contribution is 6.32. The molecule has 0 spiro atoms. The summed E-state index contributed by atoms with van der Waals surface area (Å²) in [5.41, 5.74) is 3.61. The van der Waals surface area contributed by atoms with Gasteiger partial charge in [0, 0.05) is 11.8 Å². The van der Waals surface area contributed by atoms with Crippen molar-refractivity contribution >= 4 is 28.9 Å². The topological polar surface area (TPSA) is 59.6 Å². The summed E-state index contributed by atoms with van der Waals surface area (Å²) in [4.78, 5) is 12.3. The van der Waals surface area contributed by atoms with E-state index in [1.807, 2.05) is 42.5 Å². The molecule has 2 N–H and O–H groups in total. The summed E-state index contributed by atoms with van der Waals surface area (Å²) in [6.45, 7) is 0.109. The molecule has 0 saturated carbocycles. The zero-order valence-corrected chi connectivity index (χ0v) is 16.4. The highest BCUT2D eigenvalue weighted by Gasteiger charge is 2.12. The molecule has 0 heterocycles. The fraction of sp³-hybridized carbons (Fsp3) is 0.136. The molecule has 0 fully saturated rings. The molecule has 0 aliphatic rings. The second-order valence-electron chi connectivity index (χ2n) is 6.03. The number of hydrogen-bond acceptors (Lipinski definition) is 4. The van der Waals surface area contributed by atoms with Crippen molar-refractivity contribution in [1.82, 2.24) is 0 Å². The van der Waals surface area contributed by atoms with Crippen molar-refractivity contribution in [3.05, 3.63) is 71.8 Å². The summed E-state index contributed by atoms with van der Waals surface area (Å²) >= 11 is 6.13. The Morgan fingerprint density at radius 1 is 0.893 bits per heavy atom. The van der Waals surface area contributed by atoms with Crippen LogP contribution >= 0.6 is 11.6 Å². The Hall–Kier alpha value is -3.18. The van der Waals surface area contributed by atoms with E-state index in [0.29, 0.717) is 22.2 Å². The van der Waals surface area contributed by atoms with Gasteiger partial charge in [-0.2, -0.15) is 0 Å². The molecule has 0 radical (unpaired) electrons. The molecule has 0 aromatic heterocycles. The van der Waals surface area contributed by atoms with E-state index in [1.54, 1.807) is 12.1 Å². The van der Waals surface area contributed by atoms with E-state index in [9.17, 15) is 4.79 Å². The number of nitrogens with one attached hydrogen (secondary N) is 2. The first-order chi connectivity index (χ1) is 13.6. The number of amides is 1. The summed E-state index contributed by atoms with van der Waals surface area (Å²) in [7, 11) is 3.04. The van der Waals surface area contributed by atoms with Gasteiger partial charge in [-0.05, 0) is 29.3 Å². The zero-order chi connectivity index (χ0) is 19.9. The van der Waals surface area contributed by atoms with Gasteiger partial charge in [-0.1, -0.05) is 54.1 Å². The molecule has 6 heteroatoms.